The molecule has 12 heavy (non-hydrogen) atoms. The van der Waals surface area contributed by atoms with Gasteiger partial charge in [0.15, 0.2) is 0 Å². The van der Waals surface area contributed by atoms with Crippen LogP contribution in [0, 0.1) is 11.3 Å². The zero-order valence-corrected chi connectivity index (χ0v) is 8.27. The molecule has 2 heteroatoms. The highest BCUT2D eigenvalue weighted by atomic mass is 14.9. The monoisotopic (exact) mass is 168 g/mol. The summed E-state index contributed by atoms with van der Waals surface area (Å²) in [5.41, 5.74) is 0. The van der Waals surface area contributed by atoms with Crippen LogP contribution in [0.5, 0.6) is 0 Å². The Bertz CT molecular complexity index is 126. The predicted octanol–water partition coefficient (Wildman–Crippen LogP) is 2.46. The first kappa shape index (κ1) is 11.4. The van der Waals surface area contributed by atoms with Crippen molar-refractivity contribution >= 4 is 0 Å². The van der Waals surface area contributed by atoms with Crippen LogP contribution < -0.4 is 5.32 Å². The summed E-state index contributed by atoms with van der Waals surface area (Å²) in [5, 5.41) is 12.0. The van der Waals surface area contributed by atoms with E-state index in [1.807, 2.05) is 0 Å². The van der Waals surface area contributed by atoms with Crippen molar-refractivity contribution in [3.8, 4) is 6.07 Å². The lowest BCUT2D eigenvalue weighted by atomic mass is 10.1. The molecule has 0 aliphatic heterocycles. The van der Waals surface area contributed by atoms with E-state index in [0.717, 1.165) is 19.4 Å². The minimum atomic E-state index is 0.0801. The summed E-state index contributed by atoms with van der Waals surface area (Å²) >= 11 is 0. The van der Waals surface area contributed by atoms with Gasteiger partial charge in [-0.2, -0.15) is 5.26 Å². The van der Waals surface area contributed by atoms with E-state index in [4.69, 9.17) is 5.26 Å². The molecule has 0 saturated heterocycles. The molecule has 0 aromatic heterocycles. The van der Waals surface area contributed by atoms with Crippen LogP contribution in [-0.2, 0) is 0 Å². The van der Waals surface area contributed by atoms with Gasteiger partial charge in [-0.25, -0.2) is 0 Å². The van der Waals surface area contributed by atoms with Gasteiger partial charge < -0.3 is 5.32 Å². The number of hydrogen-bond donors (Lipinski definition) is 1. The smallest absolute Gasteiger partial charge is 0.0952 e. The van der Waals surface area contributed by atoms with E-state index in [1.165, 1.54) is 19.3 Å². The van der Waals surface area contributed by atoms with Crippen LogP contribution in [0.2, 0.25) is 0 Å². The second-order valence-electron chi connectivity index (χ2n) is 3.13. The van der Waals surface area contributed by atoms with E-state index in [-0.39, 0.29) is 6.04 Å². The molecule has 0 saturated carbocycles. The van der Waals surface area contributed by atoms with E-state index >= 15 is 0 Å². The maximum atomic E-state index is 8.74. The third-order valence-corrected chi connectivity index (χ3v) is 1.89. The van der Waals surface area contributed by atoms with Gasteiger partial charge in [-0.1, -0.05) is 33.1 Å². The Labute approximate surface area is 76.0 Å². The number of nitriles is 1. The molecule has 0 aliphatic carbocycles. The average Bonchev–Trinajstić information content (AvgIpc) is 2.11. The van der Waals surface area contributed by atoms with Gasteiger partial charge in [0.25, 0.3) is 0 Å². The van der Waals surface area contributed by atoms with Crippen molar-refractivity contribution in [1.82, 2.24) is 5.32 Å². The van der Waals surface area contributed by atoms with Crippen LogP contribution in [0.15, 0.2) is 0 Å². The second kappa shape index (κ2) is 8.55. The van der Waals surface area contributed by atoms with Gasteiger partial charge in [-0.3, -0.25) is 0 Å². The first-order valence-electron chi connectivity index (χ1n) is 4.98. The maximum absolute atomic E-state index is 8.74. The fraction of sp³-hybridized carbons (Fsp3) is 0.900. The first-order valence-corrected chi connectivity index (χ1v) is 4.98. The molecule has 0 aromatic carbocycles. The number of nitrogens with zero attached hydrogens (tertiary/aromatic N) is 1. The Morgan fingerprint density at radius 3 is 2.50 bits per heavy atom. The van der Waals surface area contributed by atoms with Crippen LogP contribution in [0.25, 0.3) is 0 Å². The van der Waals surface area contributed by atoms with Crippen molar-refractivity contribution in [1.29, 1.82) is 5.26 Å². The quantitative estimate of drug-likeness (QED) is 0.593. The number of nitrogens with one attached hydrogen (secondary N) is 1. The van der Waals surface area contributed by atoms with Crippen molar-refractivity contribution in [3.63, 3.8) is 0 Å². The van der Waals surface area contributed by atoms with Gasteiger partial charge in [-0.15, -0.1) is 0 Å². The number of hydrogen-bond acceptors (Lipinski definition) is 2. The van der Waals surface area contributed by atoms with E-state index in [1.54, 1.807) is 0 Å². The van der Waals surface area contributed by atoms with Gasteiger partial charge in [0.05, 0.1) is 12.1 Å². The molecule has 0 spiro atoms. The highest BCUT2D eigenvalue weighted by Gasteiger charge is 2.03. The minimum absolute atomic E-state index is 0.0801. The highest BCUT2D eigenvalue weighted by Crippen LogP contribution is 2.02. The second-order valence-corrected chi connectivity index (χ2v) is 3.13. The Balaban J connectivity index is 3.35. The lowest BCUT2D eigenvalue weighted by molar-refractivity contribution is 0.529. The Morgan fingerprint density at radius 1 is 1.25 bits per heavy atom. The fourth-order valence-corrected chi connectivity index (χ4v) is 1.13. The summed E-state index contributed by atoms with van der Waals surface area (Å²) < 4.78 is 0. The third kappa shape index (κ3) is 6.18. The SMILES string of the molecule is CCCCCC(C#N)NCCC. The van der Waals surface area contributed by atoms with Gasteiger partial charge in [0.1, 0.15) is 0 Å². The zero-order valence-electron chi connectivity index (χ0n) is 8.27. The van der Waals surface area contributed by atoms with Crippen LogP contribution in [0.3, 0.4) is 0 Å². The molecule has 1 unspecified atom stereocenters. The van der Waals surface area contributed by atoms with Gasteiger partial charge in [-0.05, 0) is 19.4 Å². The Morgan fingerprint density at radius 2 is 2.00 bits per heavy atom. The topological polar surface area (TPSA) is 35.8 Å². The summed E-state index contributed by atoms with van der Waals surface area (Å²) in [6.45, 7) is 5.26. The standard InChI is InChI=1S/C10H20N2/c1-3-5-6-7-10(9-11)12-8-4-2/h10,12H,3-8H2,1-2H3. The molecule has 0 fully saturated rings. The predicted molar refractivity (Wildman–Crippen MR) is 51.8 cm³/mol. The van der Waals surface area contributed by atoms with Crippen molar-refractivity contribution in [2.45, 2.75) is 52.0 Å². The van der Waals surface area contributed by atoms with Crippen molar-refractivity contribution in [2.75, 3.05) is 6.54 Å². The van der Waals surface area contributed by atoms with Crippen LogP contribution in [0.1, 0.15) is 46.0 Å². The van der Waals surface area contributed by atoms with Gasteiger partial charge in [0.2, 0.25) is 0 Å². The van der Waals surface area contributed by atoms with E-state index in [0.29, 0.717) is 0 Å². The molecule has 0 amide bonds. The summed E-state index contributed by atoms with van der Waals surface area (Å²) in [4.78, 5) is 0. The lowest BCUT2D eigenvalue weighted by Crippen LogP contribution is -2.28. The molecular weight excluding hydrogens is 148 g/mol. The van der Waals surface area contributed by atoms with E-state index < -0.39 is 0 Å². The maximum Gasteiger partial charge on any atom is 0.0952 e. The van der Waals surface area contributed by atoms with Crippen molar-refractivity contribution < 1.29 is 0 Å². The average molecular weight is 168 g/mol. The fourth-order valence-electron chi connectivity index (χ4n) is 1.13. The summed E-state index contributed by atoms with van der Waals surface area (Å²) in [6.07, 6.45) is 5.75. The molecule has 1 N–H and O–H groups in total. The molecule has 1 atom stereocenters. The summed E-state index contributed by atoms with van der Waals surface area (Å²) in [5.74, 6) is 0. The van der Waals surface area contributed by atoms with Crippen LogP contribution >= 0.6 is 0 Å². The lowest BCUT2D eigenvalue weighted by Gasteiger charge is -2.09. The van der Waals surface area contributed by atoms with E-state index in [2.05, 4.69) is 25.2 Å². The summed E-state index contributed by atoms with van der Waals surface area (Å²) in [6, 6.07) is 2.36. The number of unbranched alkanes of at least 4 members (excludes halogenated alkanes) is 2. The van der Waals surface area contributed by atoms with E-state index in [9.17, 15) is 0 Å². The normalized spacial score (nSPS) is 12.4. The molecular formula is C10H20N2. The van der Waals surface area contributed by atoms with Gasteiger partial charge in [0, 0.05) is 0 Å². The number of rotatable bonds is 7. The molecule has 0 heterocycles. The third-order valence-electron chi connectivity index (χ3n) is 1.89. The molecule has 0 rings (SSSR count). The molecule has 70 valence electrons. The minimum Gasteiger partial charge on any atom is -0.302 e. The molecule has 0 radical (unpaired) electrons. The molecule has 0 aromatic rings. The first-order chi connectivity index (χ1) is 5.85. The van der Waals surface area contributed by atoms with Crippen molar-refractivity contribution in [3.05, 3.63) is 0 Å². The molecule has 0 bridgehead atoms. The van der Waals surface area contributed by atoms with Crippen LogP contribution in [0.4, 0.5) is 0 Å². The molecule has 0 aliphatic rings. The molecule has 2 nitrogen and oxygen atoms in total. The Kier molecular flexibility index (Phi) is 8.15. The highest BCUT2D eigenvalue weighted by molar-refractivity contribution is 4.88. The largest absolute Gasteiger partial charge is 0.302 e. The Hall–Kier alpha value is -0.550. The summed E-state index contributed by atoms with van der Waals surface area (Å²) in [7, 11) is 0. The van der Waals surface area contributed by atoms with Crippen LogP contribution in [-0.4, -0.2) is 12.6 Å². The zero-order chi connectivity index (χ0) is 9.23. The van der Waals surface area contributed by atoms with Gasteiger partial charge >= 0.3 is 0 Å². The van der Waals surface area contributed by atoms with Crippen molar-refractivity contribution in [2.24, 2.45) is 0 Å².